The number of carbonyl (C=O) groups excluding carboxylic acids is 2. The lowest BCUT2D eigenvalue weighted by atomic mass is 10.0. The van der Waals surface area contributed by atoms with Crippen LogP contribution < -0.4 is 5.32 Å². The van der Waals surface area contributed by atoms with Crippen LogP contribution in [0.4, 0.5) is 0 Å². The van der Waals surface area contributed by atoms with Crippen molar-refractivity contribution in [3.05, 3.63) is 12.2 Å². The molecule has 0 radical (unpaired) electrons. The van der Waals surface area contributed by atoms with Crippen LogP contribution in [0.5, 0.6) is 0 Å². The Morgan fingerprint density at radius 3 is 1.05 bits per heavy atom. The minimum atomic E-state index is -0.853. The molecule has 6 nitrogen and oxygen atoms in total. The van der Waals surface area contributed by atoms with Gasteiger partial charge in [0.15, 0.2) is 0 Å². The van der Waals surface area contributed by atoms with Gasteiger partial charge in [0.1, 0.15) is 0 Å². The Morgan fingerprint density at radius 1 is 0.415 bits per heavy atom. The molecule has 0 fully saturated rings. The van der Waals surface area contributed by atoms with Crippen LogP contribution in [-0.4, -0.2) is 47.4 Å². The predicted molar refractivity (Wildman–Crippen MR) is 283 cm³/mol. The first kappa shape index (κ1) is 63.6. The largest absolute Gasteiger partial charge is 0.466 e. The first-order valence-electron chi connectivity index (χ1n) is 29.5. The minimum Gasteiger partial charge on any atom is -0.466 e. The Kier molecular flexibility index (Phi) is 54.0. The Morgan fingerprint density at radius 2 is 0.708 bits per heavy atom. The number of nitrogens with one attached hydrogen (secondary N) is 1. The highest BCUT2D eigenvalue weighted by Gasteiger charge is 2.18. The average molecular weight is 919 g/mol. The summed E-state index contributed by atoms with van der Waals surface area (Å²) in [6, 6.07) is -0.637. The Hall–Kier alpha value is -1.40. The molecule has 3 N–H and O–H groups in total. The molecule has 0 bridgehead atoms. The lowest BCUT2D eigenvalue weighted by molar-refractivity contribution is -0.143. The van der Waals surface area contributed by atoms with Gasteiger partial charge in [0.2, 0.25) is 5.91 Å². The normalized spacial score (nSPS) is 12.6. The maximum Gasteiger partial charge on any atom is 0.305 e. The summed E-state index contributed by atoms with van der Waals surface area (Å²) in [5.41, 5.74) is 0. The van der Waals surface area contributed by atoms with Crippen molar-refractivity contribution >= 4 is 11.9 Å². The van der Waals surface area contributed by atoms with Crippen LogP contribution in [0.3, 0.4) is 0 Å². The monoisotopic (exact) mass is 918 g/mol. The molecule has 2 unspecified atom stereocenters. The van der Waals surface area contributed by atoms with Crippen molar-refractivity contribution in [2.75, 3.05) is 13.2 Å². The van der Waals surface area contributed by atoms with Gasteiger partial charge < -0.3 is 20.3 Å². The van der Waals surface area contributed by atoms with E-state index in [9.17, 15) is 19.8 Å². The highest BCUT2D eigenvalue weighted by Crippen LogP contribution is 2.17. The predicted octanol–water partition coefficient (Wildman–Crippen LogP) is 18.1. The van der Waals surface area contributed by atoms with Gasteiger partial charge in [0.05, 0.1) is 25.4 Å². The molecule has 0 saturated heterocycles. The van der Waals surface area contributed by atoms with Gasteiger partial charge in [0, 0.05) is 12.8 Å². The summed E-state index contributed by atoms with van der Waals surface area (Å²) < 4.78 is 5.47. The molecule has 0 rings (SSSR count). The van der Waals surface area contributed by atoms with Crippen LogP contribution in [0.1, 0.15) is 328 Å². The molecule has 0 heterocycles. The topological polar surface area (TPSA) is 95.9 Å². The number of carbonyl (C=O) groups is 2. The highest BCUT2D eigenvalue weighted by molar-refractivity contribution is 5.76. The second kappa shape index (κ2) is 55.2. The van der Waals surface area contributed by atoms with Crippen LogP contribution in [0.2, 0.25) is 0 Å². The molecule has 0 saturated carbocycles. The van der Waals surface area contributed by atoms with E-state index in [1.54, 1.807) is 6.08 Å². The Labute approximate surface area is 406 Å². The van der Waals surface area contributed by atoms with Crippen molar-refractivity contribution in [1.82, 2.24) is 5.32 Å². The third-order valence-electron chi connectivity index (χ3n) is 13.8. The average Bonchev–Trinajstić information content (AvgIpc) is 3.31. The number of hydrogen-bond donors (Lipinski definition) is 3. The third kappa shape index (κ3) is 51.8. The number of aliphatic hydroxyl groups excluding tert-OH is 2. The standard InChI is InChI=1S/C59H115NO5/c1-3-5-7-9-11-13-15-17-19-20-21-22-23-24-25-27-31-35-39-43-47-51-57(62)56(55-61)60-58(63)52-48-44-40-36-32-28-26-30-34-38-42-46-50-54-65-59(64)53-49-45-41-37-33-29-18-16-14-12-10-8-6-4-2/h47,51,56-57,61-62H,3-46,48-50,52-55H2,1-2H3,(H,60,63)/b51-47+. The Bertz CT molecular complexity index is 970. The zero-order valence-electron chi connectivity index (χ0n) is 44.0. The molecule has 0 aliphatic rings. The number of esters is 1. The summed E-state index contributed by atoms with van der Waals surface area (Å²) in [4.78, 5) is 24.5. The molecule has 6 heteroatoms. The number of rotatable bonds is 55. The van der Waals surface area contributed by atoms with Gasteiger partial charge in [0.25, 0.3) is 0 Å². The van der Waals surface area contributed by atoms with E-state index in [1.807, 2.05) is 6.08 Å². The smallest absolute Gasteiger partial charge is 0.305 e. The Balaban J connectivity index is 3.47. The fraction of sp³-hybridized carbons (Fsp3) is 0.932. The molecule has 0 aromatic rings. The number of allylic oxidation sites excluding steroid dienone is 1. The molecule has 65 heavy (non-hydrogen) atoms. The first-order valence-corrected chi connectivity index (χ1v) is 29.5. The lowest BCUT2D eigenvalue weighted by Gasteiger charge is -2.20. The van der Waals surface area contributed by atoms with Crippen molar-refractivity contribution in [2.24, 2.45) is 0 Å². The van der Waals surface area contributed by atoms with E-state index in [1.165, 1.54) is 244 Å². The molecule has 386 valence electrons. The summed E-state index contributed by atoms with van der Waals surface area (Å²) in [7, 11) is 0. The molecule has 0 spiro atoms. The van der Waals surface area contributed by atoms with E-state index in [0.717, 1.165) is 57.8 Å². The van der Waals surface area contributed by atoms with Gasteiger partial charge in [-0.05, 0) is 32.1 Å². The van der Waals surface area contributed by atoms with E-state index in [2.05, 4.69) is 19.2 Å². The van der Waals surface area contributed by atoms with Crippen LogP contribution in [0.15, 0.2) is 12.2 Å². The van der Waals surface area contributed by atoms with E-state index >= 15 is 0 Å². The quantitative estimate of drug-likeness (QED) is 0.0321. The lowest BCUT2D eigenvalue weighted by Crippen LogP contribution is -2.45. The van der Waals surface area contributed by atoms with E-state index in [0.29, 0.717) is 19.4 Å². The van der Waals surface area contributed by atoms with Crippen molar-refractivity contribution in [3.8, 4) is 0 Å². The molecule has 0 aliphatic heterocycles. The second-order valence-electron chi connectivity index (χ2n) is 20.3. The fourth-order valence-electron chi connectivity index (χ4n) is 9.28. The van der Waals surface area contributed by atoms with Crippen LogP contribution in [-0.2, 0) is 14.3 Å². The fourth-order valence-corrected chi connectivity index (χ4v) is 9.28. The second-order valence-corrected chi connectivity index (χ2v) is 20.3. The van der Waals surface area contributed by atoms with E-state index in [4.69, 9.17) is 4.74 Å². The molecule has 1 amide bonds. The van der Waals surface area contributed by atoms with Gasteiger partial charge in [-0.15, -0.1) is 0 Å². The van der Waals surface area contributed by atoms with Crippen LogP contribution in [0.25, 0.3) is 0 Å². The first-order chi connectivity index (χ1) is 32.0. The molecular weight excluding hydrogens is 803 g/mol. The number of ether oxygens (including phenoxy) is 1. The number of hydrogen-bond acceptors (Lipinski definition) is 5. The maximum absolute atomic E-state index is 12.5. The van der Waals surface area contributed by atoms with E-state index < -0.39 is 12.1 Å². The summed E-state index contributed by atoms with van der Waals surface area (Å²) >= 11 is 0. The molecule has 0 aliphatic carbocycles. The molecular formula is C59H115NO5. The summed E-state index contributed by atoms with van der Waals surface area (Å²) in [5, 5.41) is 23.2. The van der Waals surface area contributed by atoms with E-state index in [-0.39, 0.29) is 18.5 Å². The highest BCUT2D eigenvalue weighted by atomic mass is 16.5. The van der Waals surface area contributed by atoms with Crippen LogP contribution >= 0.6 is 0 Å². The molecule has 0 aromatic heterocycles. The number of amides is 1. The third-order valence-corrected chi connectivity index (χ3v) is 13.8. The van der Waals surface area contributed by atoms with Gasteiger partial charge in [-0.2, -0.15) is 0 Å². The maximum atomic E-state index is 12.5. The van der Waals surface area contributed by atoms with Crippen molar-refractivity contribution in [1.29, 1.82) is 0 Å². The summed E-state index contributed by atoms with van der Waals surface area (Å²) in [6.45, 7) is 4.90. The van der Waals surface area contributed by atoms with Gasteiger partial charge in [-0.1, -0.05) is 296 Å². The van der Waals surface area contributed by atoms with Crippen molar-refractivity contribution in [3.63, 3.8) is 0 Å². The number of aliphatic hydroxyl groups is 2. The minimum absolute atomic E-state index is 0.00371. The molecule has 0 aromatic carbocycles. The van der Waals surface area contributed by atoms with Crippen LogP contribution in [0, 0.1) is 0 Å². The number of unbranched alkanes of at least 4 members (excludes halogenated alkanes) is 44. The molecule has 2 atom stereocenters. The van der Waals surface area contributed by atoms with Gasteiger partial charge in [-0.25, -0.2) is 0 Å². The zero-order valence-corrected chi connectivity index (χ0v) is 44.0. The van der Waals surface area contributed by atoms with Gasteiger partial charge in [-0.3, -0.25) is 9.59 Å². The van der Waals surface area contributed by atoms with Crippen molar-refractivity contribution < 1.29 is 24.5 Å². The SMILES string of the molecule is CCCCCCCCCCCCCCCCCCCCC/C=C/C(O)C(CO)NC(=O)CCCCCCCCCCCCCCCOC(=O)CCCCCCCCCCCCCCCC. The van der Waals surface area contributed by atoms with Gasteiger partial charge >= 0.3 is 5.97 Å². The summed E-state index contributed by atoms with van der Waals surface area (Å²) in [6.07, 6.45) is 65.1. The van der Waals surface area contributed by atoms with Crippen molar-refractivity contribution in [2.45, 2.75) is 341 Å². The summed E-state index contributed by atoms with van der Waals surface area (Å²) in [5.74, 6) is -0.0808. The zero-order chi connectivity index (χ0) is 47.2.